The van der Waals surface area contributed by atoms with Crippen LogP contribution in [0, 0.1) is 0 Å². The second kappa shape index (κ2) is 5.75. The molecule has 0 spiro atoms. The number of hydrogen-bond donors (Lipinski definition) is 1. The van der Waals surface area contributed by atoms with E-state index < -0.39 is 5.97 Å². The maximum absolute atomic E-state index is 11.4. The van der Waals surface area contributed by atoms with Gasteiger partial charge in [-0.1, -0.05) is 23.7 Å². The zero-order valence-electron chi connectivity index (χ0n) is 10.6. The number of carbonyl (C=O) groups is 2. The minimum atomic E-state index is -0.513. The number of rotatable bonds is 3. The lowest BCUT2D eigenvalue weighted by Gasteiger charge is -2.07. The first-order valence-electron chi connectivity index (χ1n) is 5.73. The third kappa shape index (κ3) is 2.65. The van der Waals surface area contributed by atoms with Gasteiger partial charge in [0.1, 0.15) is 5.75 Å². The third-order valence-corrected chi connectivity index (χ3v) is 3.17. The molecule has 0 amide bonds. The van der Waals surface area contributed by atoms with Crippen LogP contribution in [0.5, 0.6) is 5.75 Å². The number of methoxy groups -OCH3 is 1. The van der Waals surface area contributed by atoms with E-state index in [1.54, 1.807) is 30.3 Å². The van der Waals surface area contributed by atoms with Crippen LogP contribution in [-0.4, -0.2) is 24.5 Å². The average molecular weight is 291 g/mol. The number of aromatic hydroxyl groups is 1. The summed E-state index contributed by atoms with van der Waals surface area (Å²) in [5.41, 5.74) is 1.90. The SMILES string of the molecule is COC(=O)c1ccc(-c2ccc(O)c(C=O)c2)cc1Cl. The molecule has 2 aromatic rings. The summed E-state index contributed by atoms with van der Waals surface area (Å²) in [6.07, 6.45) is 0.573. The van der Waals surface area contributed by atoms with Crippen LogP contribution in [0.15, 0.2) is 36.4 Å². The van der Waals surface area contributed by atoms with E-state index in [0.29, 0.717) is 11.8 Å². The molecule has 0 aliphatic rings. The summed E-state index contributed by atoms with van der Waals surface area (Å²) in [5, 5.41) is 9.73. The second-order valence-electron chi connectivity index (χ2n) is 4.08. The van der Waals surface area contributed by atoms with Crippen molar-refractivity contribution in [2.45, 2.75) is 0 Å². The average Bonchev–Trinajstić information content (AvgIpc) is 2.47. The molecule has 0 fully saturated rings. The first-order chi connectivity index (χ1) is 9.56. The van der Waals surface area contributed by atoms with Gasteiger partial charge in [-0.25, -0.2) is 4.79 Å². The highest BCUT2D eigenvalue weighted by Crippen LogP contribution is 2.28. The van der Waals surface area contributed by atoms with Crippen molar-refractivity contribution in [2.24, 2.45) is 0 Å². The topological polar surface area (TPSA) is 63.6 Å². The zero-order chi connectivity index (χ0) is 14.7. The van der Waals surface area contributed by atoms with Gasteiger partial charge in [-0.05, 0) is 35.4 Å². The van der Waals surface area contributed by atoms with Gasteiger partial charge in [-0.15, -0.1) is 0 Å². The van der Waals surface area contributed by atoms with Gasteiger partial charge < -0.3 is 9.84 Å². The fourth-order valence-corrected chi connectivity index (χ4v) is 2.06. The minimum Gasteiger partial charge on any atom is -0.507 e. The van der Waals surface area contributed by atoms with Crippen molar-refractivity contribution in [3.63, 3.8) is 0 Å². The standard InChI is InChI=1S/C15H11ClO4/c1-20-15(19)12-4-2-10(7-13(12)16)9-3-5-14(18)11(6-9)8-17/h2-8,18H,1H3. The Morgan fingerprint density at radius 3 is 2.45 bits per heavy atom. The summed E-state index contributed by atoms with van der Waals surface area (Å²) in [7, 11) is 1.28. The van der Waals surface area contributed by atoms with E-state index >= 15 is 0 Å². The van der Waals surface area contributed by atoms with Crippen molar-refractivity contribution >= 4 is 23.9 Å². The molecule has 0 unspecified atom stereocenters. The number of hydrogen-bond acceptors (Lipinski definition) is 4. The van der Waals surface area contributed by atoms with Gasteiger partial charge in [0, 0.05) is 0 Å². The lowest BCUT2D eigenvalue weighted by molar-refractivity contribution is 0.0601. The summed E-state index contributed by atoms with van der Waals surface area (Å²) >= 11 is 6.04. The van der Waals surface area contributed by atoms with Gasteiger partial charge in [-0.2, -0.15) is 0 Å². The number of ether oxygens (including phenoxy) is 1. The van der Waals surface area contributed by atoms with Crippen molar-refractivity contribution in [1.82, 2.24) is 0 Å². The number of benzene rings is 2. The fraction of sp³-hybridized carbons (Fsp3) is 0.0667. The molecule has 0 saturated carbocycles. The highest BCUT2D eigenvalue weighted by molar-refractivity contribution is 6.33. The van der Waals surface area contributed by atoms with Crippen molar-refractivity contribution in [3.8, 4) is 16.9 Å². The normalized spacial score (nSPS) is 10.1. The molecule has 4 nitrogen and oxygen atoms in total. The summed E-state index contributed by atoms with van der Waals surface area (Å²) < 4.78 is 4.61. The predicted octanol–water partition coefficient (Wildman–Crippen LogP) is 3.31. The zero-order valence-corrected chi connectivity index (χ0v) is 11.3. The van der Waals surface area contributed by atoms with Crippen molar-refractivity contribution < 1.29 is 19.4 Å². The van der Waals surface area contributed by atoms with Gasteiger partial charge in [-0.3, -0.25) is 4.79 Å². The molecule has 1 N–H and O–H groups in total. The summed E-state index contributed by atoms with van der Waals surface area (Å²) in [6.45, 7) is 0. The molecule has 0 atom stereocenters. The van der Waals surface area contributed by atoms with Crippen LogP contribution in [0.1, 0.15) is 20.7 Å². The first kappa shape index (κ1) is 14.1. The molecule has 0 aliphatic heterocycles. The summed E-state index contributed by atoms with van der Waals surface area (Å²) in [4.78, 5) is 22.3. The van der Waals surface area contributed by atoms with E-state index in [0.717, 1.165) is 5.56 Å². The van der Waals surface area contributed by atoms with Gasteiger partial charge in [0.25, 0.3) is 0 Å². The van der Waals surface area contributed by atoms with E-state index in [-0.39, 0.29) is 21.9 Å². The highest BCUT2D eigenvalue weighted by atomic mass is 35.5. The fourth-order valence-electron chi connectivity index (χ4n) is 1.80. The van der Waals surface area contributed by atoms with Crippen LogP contribution in [-0.2, 0) is 4.74 Å². The molecule has 0 heterocycles. The largest absolute Gasteiger partial charge is 0.507 e. The number of phenols is 1. The second-order valence-corrected chi connectivity index (χ2v) is 4.48. The van der Waals surface area contributed by atoms with Crippen LogP contribution < -0.4 is 0 Å². The quantitative estimate of drug-likeness (QED) is 0.696. The molecule has 102 valence electrons. The summed E-state index contributed by atoms with van der Waals surface area (Å²) in [5.74, 6) is -0.595. The van der Waals surface area contributed by atoms with Crippen LogP contribution in [0.25, 0.3) is 11.1 Å². The number of phenolic OH excluding ortho intramolecular Hbond substituents is 1. The first-order valence-corrected chi connectivity index (χ1v) is 6.11. The molecule has 2 rings (SSSR count). The Labute approximate surface area is 120 Å². The Balaban J connectivity index is 2.46. The van der Waals surface area contributed by atoms with E-state index in [4.69, 9.17) is 11.6 Å². The maximum atomic E-state index is 11.4. The van der Waals surface area contributed by atoms with Crippen molar-refractivity contribution in [1.29, 1.82) is 0 Å². The van der Waals surface area contributed by atoms with Crippen LogP contribution in [0.3, 0.4) is 0 Å². The highest BCUT2D eigenvalue weighted by Gasteiger charge is 2.12. The van der Waals surface area contributed by atoms with Crippen LogP contribution in [0.4, 0.5) is 0 Å². The molecule has 5 heteroatoms. The predicted molar refractivity (Wildman–Crippen MR) is 75.3 cm³/mol. The van der Waals surface area contributed by atoms with Gasteiger partial charge in [0.2, 0.25) is 0 Å². The smallest absolute Gasteiger partial charge is 0.339 e. The van der Waals surface area contributed by atoms with E-state index in [1.165, 1.54) is 13.2 Å². The van der Waals surface area contributed by atoms with E-state index in [1.807, 2.05) is 0 Å². The third-order valence-electron chi connectivity index (χ3n) is 2.86. The van der Waals surface area contributed by atoms with Gasteiger partial charge in [0.15, 0.2) is 6.29 Å². The van der Waals surface area contributed by atoms with Gasteiger partial charge >= 0.3 is 5.97 Å². The van der Waals surface area contributed by atoms with Crippen molar-refractivity contribution in [3.05, 3.63) is 52.5 Å². The Morgan fingerprint density at radius 1 is 1.20 bits per heavy atom. The van der Waals surface area contributed by atoms with Gasteiger partial charge in [0.05, 0.1) is 23.3 Å². The van der Waals surface area contributed by atoms with Crippen LogP contribution >= 0.6 is 11.6 Å². The lowest BCUT2D eigenvalue weighted by atomic mass is 10.0. The Morgan fingerprint density at radius 2 is 1.85 bits per heavy atom. The minimum absolute atomic E-state index is 0.0824. The maximum Gasteiger partial charge on any atom is 0.339 e. The van der Waals surface area contributed by atoms with Crippen molar-refractivity contribution in [2.75, 3.05) is 7.11 Å². The lowest BCUT2D eigenvalue weighted by Crippen LogP contribution is -2.01. The molecule has 20 heavy (non-hydrogen) atoms. The molecular formula is C15H11ClO4. The molecule has 0 aromatic heterocycles. The molecule has 0 radical (unpaired) electrons. The molecular weight excluding hydrogens is 280 g/mol. The Bertz CT molecular complexity index is 680. The molecule has 0 aliphatic carbocycles. The Hall–Kier alpha value is -2.33. The number of esters is 1. The number of halogens is 1. The number of carbonyl (C=O) groups excluding carboxylic acids is 2. The molecule has 0 saturated heterocycles. The van der Waals surface area contributed by atoms with E-state index in [2.05, 4.69) is 4.74 Å². The van der Waals surface area contributed by atoms with E-state index in [9.17, 15) is 14.7 Å². The summed E-state index contributed by atoms with van der Waals surface area (Å²) in [6, 6.07) is 9.49. The number of aldehydes is 1. The Kier molecular flexibility index (Phi) is 4.05. The van der Waals surface area contributed by atoms with Crippen LogP contribution in [0.2, 0.25) is 5.02 Å². The molecule has 0 bridgehead atoms. The monoisotopic (exact) mass is 290 g/mol. The molecule has 2 aromatic carbocycles.